The molecular weight excluding hydrogens is 386 g/mol. The van der Waals surface area contributed by atoms with Crippen molar-refractivity contribution in [2.24, 2.45) is 10.9 Å². The van der Waals surface area contributed by atoms with Crippen LogP contribution in [0.5, 0.6) is 0 Å². The summed E-state index contributed by atoms with van der Waals surface area (Å²) < 4.78 is 0. The van der Waals surface area contributed by atoms with Crippen LogP contribution in [-0.4, -0.2) is 85.4 Å². The fraction of sp³-hybridized carbons (Fsp3) is 0.857. The summed E-state index contributed by atoms with van der Waals surface area (Å²) in [5.74, 6) is 2.75. The Bertz CT molecular complexity index is 505. The molecule has 2 amide bonds. The van der Waals surface area contributed by atoms with Gasteiger partial charge in [0.25, 0.3) is 0 Å². The van der Waals surface area contributed by atoms with Gasteiger partial charge in [-0.1, -0.05) is 20.3 Å². The summed E-state index contributed by atoms with van der Waals surface area (Å²) in [5, 5.41) is 6.58. The van der Waals surface area contributed by atoms with Gasteiger partial charge >= 0.3 is 0 Å². The Morgan fingerprint density at radius 2 is 1.66 bits per heavy atom. The van der Waals surface area contributed by atoms with Crippen molar-refractivity contribution >= 4 is 29.5 Å². The second kappa shape index (κ2) is 15.4. The number of amides is 2. The zero-order valence-electron chi connectivity index (χ0n) is 18.8. The summed E-state index contributed by atoms with van der Waals surface area (Å²) in [4.78, 5) is 32.9. The lowest BCUT2D eigenvalue weighted by Gasteiger charge is -2.35. The highest BCUT2D eigenvalue weighted by atomic mass is 32.2. The maximum absolute atomic E-state index is 12.4. The van der Waals surface area contributed by atoms with Crippen LogP contribution < -0.4 is 10.6 Å². The minimum absolute atomic E-state index is 0.215. The third kappa shape index (κ3) is 11.4. The number of nitrogens with one attached hydrogen (secondary N) is 2. The average molecular weight is 428 g/mol. The van der Waals surface area contributed by atoms with Crippen LogP contribution in [-0.2, 0) is 9.59 Å². The van der Waals surface area contributed by atoms with Gasteiger partial charge < -0.3 is 20.4 Å². The predicted molar refractivity (Wildman–Crippen MR) is 123 cm³/mol. The van der Waals surface area contributed by atoms with E-state index in [-0.39, 0.29) is 11.8 Å². The highest BCUT2D eigenvalue weighted by Gasteiger charge is 2.23. The Kier molecular flexibility index (Phi) is 13.6. The maximum atomic E-state index is 12.4. The number of aliphatic imine (C=N–C) groups is 1. The summed E-state index contributed by atoms with van der Waals surface area (Å²) in [6, 6.07) is 0. The number of thioether (sulfide) groups is 1. The third-order valence-electron chi connectivity index (χ3n) is 4.83. The number of carbonyl (C=O) groups excluding carboxylic acids is 2. The lowest BCUT2D eigenvalue weighted by molar-refractivity contribution is -0.140. The van der Waals surface area contributed by atoms with Crippen LogP contribution in [0.4, 0.5) is 0 Å². The summed E-state index contributed by atoms with van der Waals surface area (Å²) in [6.45, 7) is 11.4. The maximum Gasteiger partial charge on any atom is 0.222 e. The Labute approximate surface area is 181 Å². The van der Waals surface area contributed by atoms with Gasteiger partial charge in [-0.3, -0.25) is 14.6 Å². The molecule has 1 heterocycles. The van der Waals surface area contributed by atoms with Crippen molar-refractivity contribution in [3.8, 4) is 0 Å². The van der Waals surface area contributed by atoms with Gasteiger partial charge in [0, 0.05) is 64.4 Å². The van der Waals surface area contributed by atoms with E-state index in [1.165, 1.54) is 0 Å². The SMILES string of the molecule is CCNC(=NCCCCCC(=O)N1CCN(C(=O)CC(C)C)CC1)NCCSC. The molecule has 0 atom stereocenters. The molecule has 0 spiro atoms. The molecule has 2 N–H and O–H groups in total. The monoisotopic (exact) mass is 427 g/mol. The zero-order valence-corrected chi connectivity index (χ0v) is 19.7. The number of nitrogens with zero attached hydrogens (tertiary/aromatic N) is 3. The van der Waals surface area contributed by atoms with E-state index in [0.717, 1.165) is 50.6 Å². The van der Waals surface area contributed by atoms with E-state index >= 15 is 0 Å². The molecule has 168 valence electrons. The second-order valence-electron chi connectivity index (χ2n) is 7.85. The van der Waals surface area contributed by atoms with E-state index in [4.69, 9.17) is 0 Å². The van der Waals surface area contributed by atoms with E-state index in [1.54, 1.807) is 0 Å². The van der Waals surface area contributed by atoms with Gasteiger partial charge in [-0.15, -0.1) is 0 Å². The van der Waals surface area contributed by atoms with E-state index in [9.17, 15) is 9.59 Å². The average Bonchev–Trinajstić information content (AvgIpc) is 2.70. The number of piperazine rings is 1. The van der Waals surface area contributed by atoms with Gasteiger partial charge in [-0.05, 0) is 31.9 Å². The molecule has 1 rings (SSSR count). The highest BCUT2D eigenvalue weighted by Crippen LogP contribution is 2.10. The first kappa shape index (κ1) is 25.6. The van der Waals surface area contributed by atoms with Gasteiger partial charge in [0.05, 0.1) is 0 Å². The second-order valence-corrected chi connectivity index (χ2v) is 8.84. The van der Waals surface area contributed by atoms with Crippen molar-refractivity contribution in [1.82, 2.24) is 20.4 Å². The van der Waals surface area contributed by atoms with Gasteiger partial charge in [-0.2, -0.15) is 11.8 Å². The molecule has 0 aromatic carbocycles. The first-order chi connectivity index (χ1) is 14.0. The molecule has 1 aliphatic heterocycles. The molecule has 29 heavy (non-hydrogen) atoms. The molecule has 0 unspecified atom stereocenters. The lowest BCUT2D eigenvalue weighted by Crippen LogP contribution is -2.50. The minimum Gasteiger partial charge on any atom is -0.357 e. The van der Waals surface area contributed by atoms with Gasteiger partial charge in [0.1, 0.15) is 0 Å². The molecule has 1 aliphatic rings. The summed E-state index contributed by atoms with van der Waals surface area (Å²) in [5.41, 5.74) is 0. The van der Waals surface area contributed by atoms with E-state index in [2.05, 4.69) is 42.7 Å². The molecule has 1 saturated heterocycles. The van der Waals surface area contributed by atoms with E-state index in [0.29, 0.717) is 44.9 Å². The van der Waals surface area contributed by atoms with Crippen LogP contribution in [0.15, 0.2) is 4.99 Å². The van der Waals surface area contributed by atoms with Gasteiger partial charge in [-0.25, -0.2) is 0 Å². The Morgan fingerprint density at radius 1 is 1.00 bits per heavy atom. The molecule has 8 heteroatoms. The molecular formula is C21H41N5O2S. The van der Waals surface area contributed by atoms with Crippen molar-refractivity contribution in [2.45, 2.75) is 52.9 Å². The number of guanidine groups is 1. The zero-order chi connectivity index (χ0) is 21.5. The molecule has 1 fully saturated rings. The minimum atomic E-state index is 0.215. The van der Waals surface area contributed by atoms with Crippen LogP contribution >= 0.6 is 11.8 Å². The van der Waals surface area contributed by atoms with Crippen molar-refractivity contribution < 1.29 is 9.59 Å². The van der Waals surface area contributed by atoms with E-state index < -0.39 is 0 Å². The first-order valence-electron chi connectivity index (χ1n) is 11.0. The number of hydrogen-bond donors (Lipinski definition) is 2. The number of unbranched alkanes of at least 4 members (excludes halogenated alkanes) is 2. The van der Waals surface area contributed by atoms with Crippen molar-refractivity contribution in [3.63, 3.8) is 0 Å². The molecule has 0 aliphatic carbocycles. The van der Waals surface area contributed by atoms with Crippen LogP contribution in [0.3, 0.4) is 0 Å². The normalized spacial score (nSPS) is 15.0. The number of rotatable bonds is 12. The number of carbonyl (C=O) groups is 2. The Balaban J connectivity index is 2.17. The molecule has 7 nitrogen and oxygen atoms in total. The van der Waals surface area contributed by atoms with Crippen LogP contribution in [0.2, 0.25) is 0 Å². The Hall–Kier alpha value is -1.44. The summed E-state index contributed by atoms with van der Waals surface area (Å²) in [6.07, 6.45) is 6.18. The lowest BCUT2D eigenvalue weighted by atomic mass is 10.1. The standard InChI is InChI=1S/C21H41N5O2S/c1-5-22-21(24-11-16-29-4)23-10-8-6-7-9-19(27)25-12-14-26(15-13-25)20(28)17-18(2)3/h18H,5-17H2,1-4H3,(H2,22,23,24). The molecule has 0 aromatic heterocycles. The summed E-state index contributed by atoms with van der Waals surface area (Å²) >= 11 is 1.81. The van der Waals surface area contributed by atoms with Crippen LogP contribution in [0.25, 0.3) is 0 Å². The van der Waals surface area contributed by atoms with Gasteiger partial charge in [0.15, 0.2) is 5.96 Å². The van der Waals surface area contributed by atoms with Crippen molar-refractivity contribution in [1.29, 1.82) is 0 Å². The fourth-order valence-corrected chi connectivity index (χ4v) is 3.52. The van der Waals surface area contributed by atoms with Gasteiger partial charge in [0.2, 0.25) is 11.8 Å². The number of hydrogen-bond acceptors (Lipinski definition) is 4. The largest absolute Gasteiger partial charge is 0.357 e. The molecule has 0 radical (unpaired) electrons. The highest BCUT2D eigenvalue weighted by molar-refractivity contribution is 7.98. The van der Waals surface area contributed by atoms with E-state index in [1.807, 2.05) is 21.6 Å². The Morgan fingerprint density at radius 3 is 2.24 bits per heavy atom. The van der Waals surface area contributed by atoms with Crippen LogP contribution in [0.1, 0.15) is 52.9 Å². The first-order valence-corrected chi connectivity index (χ1v) is 12.4. The molecule has 0 saturated carbocycles. The van der Waals surface area contributed by atoms with Crippen molar-refractivity contribution in [2.75, 3.05) is 57.8 Å². The third-order valence-corrected chi connectivity index (χ3v) is 5.44. The molecule has 0 aromatic rings. The molecule has 0 bridgehead atoms. The fourth-order valence-electron chi connectivity index (χ4n) is 3.21. The smallest absolute Gasteiger partial charge is 0.222 e. The topological polar surface area (TPSA) is 77.0 Å². The summed E-state index contributed by atoms with van der Waals surface area (Å²) in [7, 11) is 0. The van der Waals surface area contributed by atoms with Crippen LogP contribution in [0, 0.1) is 5.92 Å². The quantitative estimate of drug-likeness (QED) is 0.284. The van der Waals surface area contributed by atoms with Crippen molar-refractivity contribution in [3.05, 3.63) is 0 Å². The predicted octanol–water partition coefficient (Wildman–Crippen LogP) is 2.18.